The van der Waals surface area contributed by atoms with Crippen LogP contribution in [0.5, 0.6) is 0 Å². The van der Waals surface area contributed by atoms with Crippen LogP contribution in [-0.4, -0.2) is 9.13 Å². The highest BCUT2D eigenvalue weighted by atomic mass is 15.0. The second kappa shape index (κ2) is 12.1. The molecule has 0 spiro atoms. The Hall–Kier alpha value is -7.42. The summed E-state index contributed by atoms with van der Waals surface area (Å²) in [6, 6.07) is 77.2. The van der Waals surface area contributed by atoms with Crippen molar-refractivity contribution >= 4 is 43.6 Å². The van der Waals surface area contributed by atoms with Gasteiger partial charge in [0.25, 0.3) is 0 Å². The molecule has 2 aliphatic rings. The van der Waals surface area contributed by atoms with Gasteiger partial charge in [-0.15, -0.1) is 0 Å². The number of fused-ring (bicyclic) bond motifs is 12. The summed E-state index contributed by atoms with van der Waals surface area (Å²) in [5.41, 5.74) is 20.0. The van der Waals surface area contributed by atoms with E-state index in [1.54, 1.807) is 0 Å². The van der Waals surface area contributed by atoms with Crippen LogP contribution in [-0.2, 0) is 10.8 Å². The van der Waals surface area contributed by atoms with Crippen molar-refractivity contribution in [3.05, 3.63) is 240 Å². The van der Waals surface area contributed by atoms with Crippen molar-refractivity contribution in [1.82, 2.24) is 9.13 Å². The van der Waals surface area contributed by atoms with Crippen LogP contribution in [0.25, 0.3) is 77.2 Å². The molecular weight excluding hydrogens is 725 g/mol. The zero-order valence-corrected chi connectivity index (χ0v) is 33.5. The lowest BCUT2D eigenvalue weighted by Crippen LogP contribution is -2.28. The van der Waals surface area contributed by atoms with Crippen LogP contribution in [0.2, 0.25) is 0 Å². The summed E-state index contributed by atoms with van der Waals surface area (Å²) in [5, 5.41) is 5.00. The van der Waals surface area contributed by atoms with E-state index in [9.17, 15) is 0 Å². The van der Waals surface area contributed by atoms with E-state index in [-0.39, 0.29) is 5.41 Å². The summed E-state index contributed by atoms with van der Waals surface area (Å²) in [5.74, 6) is 0. The minimum absolute atomic E-state index is 0.0303. The topological polar surface area (TPSA) is 9.86 Å². The maximum atomic E-state index is 2.48. The van der Waals surface area contributed by atoms with E-state index in [0.717, 1.165) is 5.69 Å². The van der Waals surface area contributed by atoms with Crippen LogP contribution < -0.4 is 0 Å². The molecule has 0 unspecified atom stereocenters. The van der Waals surface area contributed by atoms with Crippen molar-refractivity contribution in [3.8, 4) is 33.6 Å². The largest absolute Gasteiger partial charge is 0.309 e. The summed E-state index contributed by atoms with van der Waals surface area (Å²) in [6.45, 7) is 4.70. The third-order valence-electron chi connectivity index (χ3n) is 14.0. The van der Waals surface area contributed by atoms with Crippen LogP contribution >= 0.6 is 0 Å². The minimum atomic E-state index is -0.456. The van der Waals surface area contributed by atoms with E-state index in [2.05, 4.69) is 229 Å². The Balaban J connectivity index is 1.03. The van der Waals surface area contributed by atoms with Crippen LogP contribution in [0.15, 0.2) is 206 Å². The first kappa shape index (κ1) is 33.5. The zero-order valence-electron chi connectivity index (χ0n) is 33.5. The van der Waals surface area contributed by atoms with E-state index < -0.39 is 5.41 Å². The normalized spacial score (nSPS) is 14.4. The molecule has 0 radical (unpaired) electrons. The number of aromatic nitrogens is 2. The van der Waals surface area contributed by atoms with Crippen molar-refractivity contribution in [2.75, 3.05) is 0 Å². The summed E-state index contributed by atoms with van der Waals surface area (Å²) in [7, 11) is 0. The molecule has 2 nitrogen and oxygen atoms in total. The number of rotatable bonds is 4. The predicted octanol–water partition coefficient (Wildman–Crippen LogP) is 14.6. The molecule has 0 aliphatic heterocycles. The van der Waals surface area contributed by atoms with Gasteiger partial charge < -0.3 is 9.13 Å². The molecule has 0 saturated carbocycles. The fraction of sp³-hybridized carbons (Fsp3) is 0.0690. The molecule has 2 aliphatic carbocycles. The molecule has 0 atom stereocenters. The molecule has 2 heterocycles. The number of hydrogen-bond donors (Lipinski definition) is 0. The fourth-order valence-electron chi connectivity index (χ4n) is 11.4. The van der Waals surface area contributed by atoms with Crippen LogP contribution in [0.3, 0.4) is 0 Å². The Bertz CT molecular complexity index is 3530. The Morgan fingerprint density at radius 3 is 1.40 bits per heavy atom. The third kappa shape index (κ3) is 4.27. The SMILES string of the molecule is CC1(C)c2ccccc2-c2cc(-n3c4ccccc4c4cc(-n5c6ccccc6c6cc(C7(c8ccccc8)c8ccccc8-c8ccccc87)ccc65)ccc43)ccc21. The van der Waals surface area contributed by atoms with E-state index >= 15 is 0 Å². The third-order valence-corrected chi connectivity index (χ3v) is 14.0. The number of nitrogens with zero attached hydrogens (tertiary/aromatic N) is 2. The van der Waals surface area contributed by atoms with E-state index in [0.29, 0.717) is 0 Å². The van der Waals surface area contributed by atoms with Crippen molar-refractivity contribution in [2.45, 2.75) is 24.7 Å². The second-order valence-electron chi connectivity index (χ2n) is 17.2. The van der Waals surface area contributed by atoms with Crippen LogP contribution in [0.1, 0.15) is 47.2 Å². The average Bonchev–Trinajstić information content (AvgIpc) is 3.98. The van der Waals surface area contributed by atoms with Gasteiger partial charge >= 0.3 is 0 Å². The number of benzene rings is 9. The van der Waals surface area contributed by atoms with Crippen molar-refractivity contribution < 1.29 is 0 Å². The summed E-state index contributed by atoms with van der Waals surface area (Å²) in [4.78, 5) is 0. The van der Waals surface area contributed by atoms with E-state index in [1.165, 1.54) is 105 Å². The van der Waals surface area contributed by atoms with Gasteiger partial charge in [0.05, 0.1) is 27.5 Å². The second-order valence-corrected chi connectivity index (χ2v) is 17.2. The molecule has 2 aromatic heterocycles. The Labute approximate surface area is 349 Å². The van der Waals surface area contributed by atoms with Gasteiger partial charge in [0.2, 0.25) is 0 Å². The van der Waals surface area contributed by atoms with Crippen molar-refractivity contribution in [1.29, 1.82) is 0 Å². The molecule has 282 valence electrons. The van der Waals surface area contributed by atoms with Gasteiger partial charge in [-0.2, -0.15) is 0 Å². The van der Waals surface area contributed by atoms with E-state index in [1.807, 2.05) is 0 Å². The van der Waals surface area contributed by atoms with Crippen LogP contribution in [0.4, 0.5) is 0 Å². The highest BCUT2D eigenvalue weighted by Gasteiger charge is 2.46. The first-order chi connectivity index (χ1) is 29.5. The van der Waals surface area contributed by atoms with Gasteiger partial charge in [0.15, 0.2) is 0 Å². The smallest absolute Gasteiger partial charge is 0.0713 e. The fourth-order valence-corrected chi connectivity index (χ4v) is 11.4. The number of para-hydroxylation sites is 2. The molecular formula is C58H40N2. The Kier molecular flexibility index (Phi) is 6.74. The Morgan fingerprint density at radius 1 is 0.300 bits per heavy atom. The first-order valence-electron chi connectivity index (χ1n) is 21.1. The minimum Gasteiger partial charge on any atom is -0.309 e. The number of hydrogen-bond acceptors (Lipinski definition) is 0. The summed E-state index contributed by atoms with van der Waals surface area (Å²) >= 11 is 0. The first-order valence-corrected chi connectivity index (χ1v) is 21.1. The molecule has 0 saturated heterocycles. The molecule has 0 bridgehead atoms. The quantitative estimate of drug-likeness (QED) is 0.169. The van der Waals surface area contributed by atoms with Crippen molar-refractivity contribution in [3.63, 3.8) is 0 Å². The maximum absolute atomic E-state index is 2.48. The monoisotopic (exact) mass is 764 g/mol. The highest BCUT2D eigenvalue weighted by Crippen LogP contribution is 2.57. The molecule has 9 aromatic carbocycles. The van der Waals surface area contributed by atoms with Gasteiger partial charge in [-0.1, -0.05) is 166 Å². The van der Waals surface area contributed by atoms with Crippen molar-refractivity contribution in [2.24, 2.45) is 0 Å². The summed E-state index contributed by atoms with van der Waals surface area (Å²) in [6.07, 6.45) is 0. The molecule has 13 rings (SSSR count). The zero-order chi connectivity index (χ0) is 39.7. The molecule has 0 amide bonds. The maximum Gasteiger partial charge on any atom is 0.0713 e. The Morgan fingerprint density at radius 2 is 0.750 bits per heavy atom. The molecule has 0 N–H and O–H groups in total. The molecule has 0 fully saturated rings. The van der Waals surface area contributed by atoms with Gasteiger partial charge in [-0.3, -0.25) is 0 Å². The highest BCUT2D eigenvalue weighted by molar-refractivity contribution is 6.12. The summed E-state index contributed by atoms with van der Waals surface area (Å²) < 4.78 is 4.93. The lowest BCUT2D eigenvalue weighted by molar-refractivity contribution is 0.660. The van der Waals surface area contributed by atoms with Crippen LogP contribution in [0, 0.1) is 0 Å². The lowest BCUT2D eigenvalue weighted by Gasteiger charge is -2.34. The van der Waals surface area contributed by atoms with E-state index in [4.69, 9.17) is 0 Å². The molecule has 11 aromatic rings. The van der Waals surface area contributed by atoms with Gasteiger partial charge in [0.1, 0.15) is 0 Å². The predicted molar refractivity (Wildman–Crippen MR) is 250 cm³/mol. The van der Waals surface area contributed by atoms with Gasteiger partial charge in [0, 0.05) is 38.3 Å². The van der Waals surface area contributed by atoms with Gasteiger partial charge in [-0.25, -0.2) is 0 Å². The molecule has 60 heavy (non-hydrogen) atoms. The average molecular weight is 765 g/mol. The lowest BCUT2D eigenvalue weighted by atomic mass is 9.67. The standard InChI is InChI=1S/C58H40N2/c1-57(2)49-23-11-6-20-43(49)46-35-39(29-31-50(46)57)59-54-27-15-10-22-45(54)48-36-40(30-33-56(48)59)60-53-26-14-9-21-44(53)47-34-38(28-32-55(47)60)58(37-16-4-3-5-17-37)51-24-12-7-18-41(51)42-19-8-13-25-52(42)58/h3-36H,1-2H3. The molecule has 2 heteroatoms. The van der Waals surface area contributed by atoms with Gasteiger partial charge in [-0.05, 0) is 110 Å².